The number of rotatable bonds is 5. The molecule has 1 N–H and O–H groups in total. The summed E-state index contributed by atoms with van der Waals surface area (Å²) in [4.78, 5) is 12.9. The molecule has 1 atom stereocenters. The number of fused-ring (bicyclic) bond motifs is 1. The third-order valence-electron chi connectivity index (χ3n) is 5.27. The number of sulfonamides is 1. The van der Waals surface area contributed by atoms with Crippen molar-refractivity contribution < 1.29 is 17.6 Å². The minimum atomic E-state index is -3.58. The van der Waals surface area contributed by atoms with Crippen LogP contribution in [0.15, 0.2) is 63.9 Å². The molecule has 6 nitrogen and oxygen atoms in total. The Kier molecular flexibility index (Phi) is 5.43. The number of carbonyl (C=O) groups excluding carboxylic acids is 1. The van der Waals surface area contributed by atoms with E-state index in [0.29, 0.717) is 24.4 Å². The van der Waals surface area contributed by atoms with Gasteiger partial charge >= 0.3 is 0 Å². The van der Waals surface area contributed by atoms with Gasteiger partial charge in [0.25, 0.3) is 5.91 Å². The Morgan fingerprint density at radius 1 is 1.03 bits per heavy atom. The van der Waals surface area contributed by atoms with Crippen molar-refractivity contribution in [3.05, 3.63) is 65.9 Å². The van der Waals surface area contributed by atoms with Crippen molar-refractivity contribution in [3.8, 4) is 0 Å². The van der Waals surface area contributed by atoms with Gasteiger partial charge in [0.05, 0.1) is 10.9 Å². The van der Waals surface area contributed by atoms with E-state index in [0.717, 1.165) is 30.2 Å². The first kappa shape index (κ1) is 19.7. The van der Waals surface area contributed by atoms with Crippen LogP contribution >= 0.6 is 0 Å². The molecule has 0 aliphatic carbocycles. The highest BCUT2D eigenvalue weighted by molar-refractivity contribution is 7.89. The molecule has 4 rings (SSSR count). The van der Waals surface area contributed by atoms with E-state index < -0.39 is 10.0 Å². The molecule has 152 valence electrons. The number of amides is 1. The fourth-order valence-corrected chi connectivity index (χ4v) is 5.18. The Morgan fingerprint density at radius 3 is 2.55 bits per heavy atom. The molecule has 0 bridgehead atoms. The summed E-state index contributed by atoms with van der Waals surface area (Å²) < 4.78 is 33.1. The van der Waals surface area contributed by atoms with E-state index in [9.17, 15) is 13.2 Å². The molecule has 2 heterocycles. The molecule has 7 heteroatoms. The molecule has 1 fully saturated rings. The van der Waals surface area contributed by atoms with Crippen molar-refractivity contribution in [1.29, 1.82) is 0 Å². The molecular weight excluding hydrogens is 388 g/mol. The second-order valence-electron chi connectivity index (χ2n) is 7.37. The van der Waals surface area contributed by atoms with Gasteiger partial charge in [-0.1, -0.05) is 30.7 Å². The minimum absolute atomic E-state index is 0.156. The average molecular weight is 413 g/mol. The minimum Gasteiger partial charge on any atom is -0.459 e. The van der Waals surface area contributed by atoms with Crippen LogP contribution in [0.3, 0.4) is 0 Å². The Morgan fingerprint density at radius 2 is 1.79 bits per heavy atom. The van der Waals surface area contributed by atoms with Crippen LogP contribution in [0.4, 0.5) is 0 Å². The molecule has 0 spiro atoms. The zero-order chi connectivity index (χ0) is 20.4. The van der Waals surface area contributed by atoms with Gasteiger partial charge in [-0.25, -0.2) is 8.42 Å². The number of piperidine rings is 1. The third-order valence-corrected chi connectivity index (χ3v) is 7.16. The molecule has 1 unspecified atom stereocenters. The van der Waals surface area contributed by atoms with Crippen LogP contribution in [0.5, 0.6) is 0 Å². The highest BCUT2D eigenvalue weighted by Crippen LogP contribution is 2.25. The highest BCUT2D eigenvalue weighted by atomic mass is 32.2. The van der Waals surface area contributed by atoms with Gasteiger partial charge in [0, 0.05) is 24.0 Å². The lowest BCUT2D eigenvalue weighted by Crippen LogP contribution is -2.35. The van der Waals surface area contributed by atoms with Crippen molar-refractivity contribution in [3.63, 3.8) is 0 Å². The number of hydrogen-bond donors (Lipinski definition) is 1. The van der Waals surface area contributed by atoms with Gasteiger partial charge in [-0.15, -0.1) is 0 Å². The SMILES string of the molecule is CC(NC(=O)c1cccc(S(=O)(=O)N2CCCCC2)c1)c1cc2ccccc2o1. The molecule has 0 saturated carbocycles. The number of nitrogens with zero attached hydrogens (tertiary/aromatic N) is 1. The summed E-state index contributed by atoms with van der Waals surface area (Å²) in [6.45, 7) is 2.90. The maximum atomic E-state index is 12.9. The molecule has 1 saturated heterocycles. The van der Waals surface area contributed by atoms with Crippen molar-refractivity contribution in [1.82, 2.24) is 9.62 Å². The molecular formula is C22H24N2O4S. The molecule has 1 aromatic heterocycles. The summed E-state index contributed by atoms with van der Waals surface area (Å²) in [5.41, 5.74) is 1.07. The fraction of sp³-hybridized carbons (Fsp3) is 0.318. The number of furan rings is 1. The van der Waals surface area contributed by atoms with E-state index in [2.05, 4.69) is 5.32 Å². The second kappa shape index (κ2) is 8.00. The van der Waals surface area contributed by atoms with Gasteiger partial charge in [0.15, 0.2) is 0 Å². The summed E-state index contributed by atoms with van der Waals surface area (Å²) in [5.74, 6) is 0.310. The van der Waals surface area contributed by atoms with Gasteiger partial charge in [-0.2, -0.15) is 4.31 Å². The van der Waals surface area contributed by atoms with Crippen LogP contribution in [0.25, 0.3) is 11.0 Å². The lowest BCUT2D eigenvalue weighted by Gasteiger charge is -2.26. The molecule has 0 radical (unpaired) electrons. The Hall–Kier alpha value is -2.64. The van der Waals surface area contributed by atoms with E-state index >= 15 is 0 Å². The molecule has 2 aromatic carbocycles. The first-order valence-electron chi connectivity index (χ1n) is 9.85. The maximum absolute atomic E-state index is 12.9. The van der Waals surface area contributed by atoms with Crippen LogP contribution in [-0.4, -0.2) is 31.7 Å². The van der Waals surface area contributed by atoms with Gasteiger partial charge in [-0.3, -0.25) is 4.79 Å². The lowest BCUT2D eigenvalue weighted by molar-refractivity contribution is 0.0935. The lowest BCUT2D eigenvalue weighted by atomic mass is 10.1. The summed E-state index contributed by atoms with van der Waals surface area (Å²) >= 11 is 0. The van der Waals surface area contributed by atoms with E-state index in [-0.39, 0.29) is 16.8 Å². The summed E-state index contributed by atoms with van der Waals surface area (Å²) in [5, 5.41) is 3.86. The average Bonchev–Trinajstić information content (AvgIpc) is 3.19. The Bertz CT molecular complexity index is 1100. The van der Waals surface area contributed by atoms with Crippen molar-refractivity contribution in [2.75, 3.05) is 13.1 Å². The molecule has 1 aliphatic heterocycles. The highest BCUT2D eigenvalue weighted by Gasteiger charge is 2.26. The largest absolute Gasteiger partial charge is 0.459 e. The van der Waals surface area contributed by atoms with Crippen LogP contribution in [0, 0.1) is 0 Å². The number of para-hydroxylation sites is 1. The Balaban J connectivity index is 1.52. The van der Waals surface area contributed by atoms with Gasteiger partial charge in [-0.05, 0) is 50.1 Å². The van der Waals surface area contributed by atoms with Crippen molar-refractivity contribution >= 4 is 26.9 Å². The zero-order valence-electron chi connectivity index (χ0n) is 16.3. The third kappa shape index (κ3) is 4.06. The monoisotopic (exact) mass is 412 g/mol. The first-order valence-corrected chi connectivity index (χ1v) is 11.3. The second-order valence-corrected chi connectivity index (χ2v) is 9.31. The normalized spacial score (nSPS) is 16.6. The van der Waals surface area contributed by atoms with E-state index in [1.54, 1.807) is 18.2 Å². The van der Waals surface area contributed by atoms with Crippen LogP contribution < -0.4 is 5.32 Å². The van der Waals surface area contributed by atoms with E-state index in [1.165, 1.54) is 10.4 Å². The van der Waals surface area contributed by atoms with Crippen LogP contribution in [-0.2, 0) is 10.0 Å². The smallest absolute Gasteiger partial charge is 0.251 e. The van der Waals surface area contributed by atoms with Gasteiger partial charge in [0.1, 0.15) is 11.3 Å². The molecule has 1 aliphatic rings. The number of nitrogens with one attached hydrogen (secondary N) is 1. The summed E-state index contributed by atoms with van der Waals surface area (Å²) in [6, 6.07) is 15.4. The quantitative estimate of drug-likeness (QED) is 0.684. The molecule has 1 amide bonds. The van der Waals surface area contributed by atoms with Crippen LogP contribution in [0.2, 0.25) is 0 Å². The maximum Gasteiger partial charge on any atom is 0.251 e. The van der Waals surface area contributed by atoms with Crippen LogP contribution in [0.1, 0.15) is 48.3 Å². The molecule has 29 heavy (non-hydrogen) atoms. The number of carbonyl (C=O) groups is 1. The van der Waals surface area contributed by atoms with E-state index in [1.807, 2.05) is 37.3 Å². The van der Waals surface area contributed by atoms with Crippen molar-refractivity contribution in [2.45, 2.75) is 37.1 Å². The first-order chi connectivity index (χ1) is 13.9. The summed E-state index contributed by atoms with van der Waals surface area (Å²) in [6.07, 6.45) is 2.79. The van der Waals surface area contributed by atoms with E-state index in [4.69, 9.17) is 4.42 Å². The topological polar surface area (TPSA) is 79.6 Å². The standard InChI is InChI=1S/C22H24N2O4S/c1-16(21-15-17-8-3-4-11-20(17)28-21)23-22(25)18-9-7-10-19(14-18)29(26,27)24-12-5-2-6-13-24/h3-4,7-11,14-16H,2,5-6,12-13H2,1H3,(H,23,25). The predicted octanol–water partition coefficient (Wildman–Crippen LogP) is 4.10. The van der Waals surface area contributed by atoms with Gasteiger partial charge in [0.2, 0.25) is 10.0 Å². The van der Waals surface area contributed by atoms with Crippen molar-refractivity contribution in [2.24, 2.45) is 0 Å². The number of hydrogen-bond acceptors (Lipinski definition) is 4. The number of benzene rings is 2. The molecule has 3 aromatic rings. The predicted molar refractivity (Wildman–Crippen MR) is 111 cm³/mol. The summed E-state index contributed by atoms with van der Waals surface area (Å²) in [7, 11) is -3.58. The zero-order valence-corrected chi connectivity index (χ0v) is 17.1. The Labute approximate surface area is 170 Å². The van der Waals surface area contributed by atoms with Gasteiger partial charge < -0.3 is 9.73 Å². The fourth-order valence-electron chi connectivity index (χ4n) is 3.62.